The van der Waals surface area contributed by atoms with E-state index in [1.165, 1.54) is 24.3 Å². The number of esters is 1. The zero-order chi connectivity index (χ0) is 19.4. The molecule has 9 heteroatoms. The number of halogens is 3. The number of H-pyrrole nitrogens is 1. The molecule has 0 spiro atoms. The molecule has 6 nitrogen and oxygen atoms in total. The Kier molecular flexibility index (Phi) is 5.11. The van der Waals surface area contributed by atoms with Crippen molar-refractivity contribution in [1.82, 2.24) is 15.2 Å². The van der Waals surface area contributed by atoms with Crippen molar-refractivity contribution in [1.29, 1.82) is 0 Å². The lowest BCUT2D eigenvalue weighted by Crippen LogP contribution is -2.16. The van der Waals surface area contributed by atoms with E-state index < -0.39 is 12.3 Å². The maximum Gasteiger partial charge on any atom is 0.573 e. The molecule has 27 heavy (non-hydrogen) atoms. The number of hydrogen-bond acceptors (Lipinski definition) is 5. The van der Waals surface area contributed by atoms with Crippen LogP contribution in [0, 0.1) is 0 Å². The SMILES string of the molecule is CCOC(=O)c1nc(-c2cccc(-c3ccc(OC(F)(F)F)cc3)c2)n[nH]1. The molecule has 2 aromatic carbocycles. The molecule has 0 aliphatic carbocycles. The number of rotatable bonds is 5. The summed E-state index contributed by atoms with van der Waals surface area (Å²) in [6, 6.07) is 12.6. The molecule has 0 unspecified atom stereocenters. The van der Waals surface area contributed by atoms with Gasteiger partial charge < -0.3 is 9.47 Å². The molecular formula is C18H14F3N3O3. The number of carbonyl (C=O) groups excluding carboxylic acids is 1. The van der Waals surface area contributed by atoms with Gasteiger partial charge in [-0.25, -0.2) is 9.78 Å². The highest BCUT2D eigenvalue weighted by molar-refractivity contribution is 5.85. The van der Waals surface area contributed by atoms with Gasteiger partial charge in [0.2, 0.25) is 5.82 Å². The lowest BCUT2D eigenvalue weighted by Gasteiger charge is -2.09. The molecule has 0 saturated carbocycles. The largest absolute Gasteiger partial charge is 0.573 e. The maximum absolute atomic E-state index is 12.2. The molecule has 0 amide bonds. The summed E-state index contributed by atoms with van der Waals surface area (Å²) in [5.74, 6) is -0.606. The number of hydrogen-bond donors (Lipinski definition) is 1. The van der Waals surface area contributed by atoms with Crippen LogP contribution in [0.1, 0.15) is 17.5 Å². The molecule has 0 aliphatic heterocycles. The minimum Gasteiger partial charge on any atom is -0.460 e. The van der Waals surface area contributed by atoms with Crippen LogP contribution in [-0.4, -0.2) is 34.1 Å². The maximum atomic E-state index is 12.2. The van der Waals surface area contributed by atoms with Crippen LogP contribution in [0.3, 0.4) is 0 Å². The van der Waals surface area contributed by atoms with Crippen LogP contribution in [-0.2, 0) is 4.74 Å². The zero-order valence-electron chi connectivity index (χ0n) is 14.1. The molecule has 3 aromatic rings. The highest BCUT2D eigenvalue weighted by atomic mass is 19.4. The fourth-order valence-corrected chi connectivity index (χ4v) is 2.37. The molecule has 1 heterocycles. The number of nitrogens with one attached hydrogen (secondary N) is 1. The first-order valence-corrected chi connectivity index (χ1v) is 7.92. The van der Waals surface area contributed by atoms with Crippen molar-refractivity contribution in [3.8, 4) is 28.3 Å². The third-order valence-corrected chi connectivity index (χ3v) is 3.50. The summed E-state index contributed by atoms with van der Waals surface area (Å²) in [5.41, 5.74) is 2.07. The molecule has 140 valence electrons. The topological polar surface area (TPSA) is 77.1 Å². The second-order valence-corrected chi connectivity index (χ2v) is 5.38. The standard InChI is InChI=1S/C18H14F3N3O3/c1-2-26-17(25)16-22-15(23-24-16)13-5-3-4-12(10-13)11-6-8-14(9-7-11)27-18(19,20)21/h3-10H,2H2,1H3,(H,22,23,24). The number of aromatic nitrogens is 3. The van der Waals surface area contributed by atoms with Crippen molar-refractivity contribution in [3.05, 3.63) is 54.4 Å². The summed E-state index contributed by atoms with van der Waals surface area (Å²) < 4.78 is 45.4. The number of ether oxygens (including phenoxy) is 2. The Labute approximate surface area is 152 Å². The van der Waals surface area contributed by atoms with E-state index in [-0.39, 0.29) is 18.2 Å². The van der Waals surface area contributed by atoms with Crippen LogP contribution in [0.4, 0.5) is 13.2 Å². The Morgan fingerprint density at radius 3 is 2.44 bits per heavy atom. The molecule has 1 aromatic heterocycles. The van der Waals surface area contributed by atoms with E-state index in [0.29, 0.717) is 17.0 Å². The molecule has 0 saturated heterocycles. The Hall–Kier alpha value is -3.36. The lowest BCUT2D eigenvalue weighted by atomic mass is 10.0. The van der Waals surface area contributed by atoms with Crippen LogP contribution in [0.5, 0.6) is 5.75 Å². The third kappa shape index (κ3) is 4.63. The van der Waals surface area contributed by atoms with E-state index in [2.05, 4.69) is 19.9 Å². The molecular weight excluding hydrogens is 363 g/mol. The number of alkyl halides is 3. The van der Waals surface area contributed by atoms with Gasteiger partial charge >= 0.3 is 12.3 Å². The van der Waals surface area contributed by atoms with E-state index in [0.717, 1.165) is 5.56 Å². The Morgan fingerprint density at radius 2 is 1.78 bits per heavy atom. The minimum absolute atomic E-state index is 0.00842. The van der Waals surface area contributed by atoms with Gasteiger partial charge in [-0.3, -0.25) is 5.10 Å². The van der Waals surface area contributed by atoms with Gasteiger partial charge in [-0.15, -0.1) is 13.2 Å². The monoisotopic (exact) mass is 377 g/mol. The Morgan fingerprint density at radius 1 is 1.07 bits per heavy atom. The second kappa shape index (κ2) is 7.48. The van der Waals surface area contributed by atoms with Gasteiger partial charge in [0.1, 0.15) is 5.75 Å². The van der Waals surface area contributed by atoms with E-state index in [4.69, 9.17) is 4.74 Å². The summed E-state index contributed by atoms with van der Waals surface area (Å²) in [4.78, 5) is 15.8. The Bertz CT molecular complexity index is 937. The average Bonchev–Trinajstić information content (AvgIpc) is 3.12. The van der Waals surface area contributed by atoms with E-state index in [9.17, 15) is 18.0 Å². The number of nitrogens with zero attached hydrogens (tertiary/aromatic N) is 2. The third-order valence-electron chi connectivity index (χ3n) is 3.50. The highest BCUT2D eigenvalue weighted by Crippen LogP contribution is 2.28. The molecule has 1 N–H and O–H groups in total. The molecule has 0 radical (unpaired) electrons. The van der Waals surface area contributed by atoms with Crippen LogP contribution in [0.2, 0.25) is 0 Å². The van der Waals surface area contributed by atoms with Gasteiger partial charge in [0.15, 0.2) is 5.82 Å². The normalized spacial score (nSPS) is 11.3. The fourth-order valence-electron chi connectivity index (χ4n) is 2.37. The number of benzene rings is 2. The molecule has 0 aliphatic rings. The van der Waals surface area contributed by atoms with Gasteiger partial charge in [0.05, 0.1) is 6.61 Å². The van der Waals surface area contributed by atoms with Crippen molar-refractivity contribution < 1.29 is 27.4 Å². The summed E-state index contributed by atoms with van der Waals surface area (Å²) in [5, 5.41) is 6.52. The summed E-state index contributed by atoms with van der Waals surface area (Å²) in [6.45, 7) is 1.90. The number of aromatic amines is 1. The van der Waals surface area contributed by atoms with E-state index >= 15 is 0 Å². The predicted molar refractivity (Wildman–Crippen MR) is 89.9 cm³/mol. The van der Waals surface area contributed by atoms with Gasteiger partial charge in [-0.1, -0.05) is 30.3 Å². The van der Waals surface area contributed by atoms with Gasteiger partial charge in [0, 0.05) is 5.56 Å². The summed E-state index contributed by atoms with van der Waals surface area (Å²) in [7, 11) is 0. The average molecular weight is 377 g/mol. The fraction of sp³-hybridized carbons (Fsp3) is 0.167. The first-order chi connectivity index (χ1) is 12.9. The molecule has 0 atom stereocenters. The van der Waals surface area contributed by atoms with Crippen LogP contribution < -0.4 is 4.74 Å². The van der Waals surface area contributed by atoms with Crippen LogP contribution in [0.25, 0.3) is 22.5 Å². The van der Waals surface area contributed by atoms with Gasteiger partial charge in [-0.05, 0) is 36.2 Å². The van der Waals surface area contributed by atoms with Crippen LogP contribution in [0.15, 0.2) is 48.5 Å². The van der Waals surface area contributed by atoms with Crippen molar-refractivity contribution in [2.75, 3.05) is 6.61 Å². The van der Waals surface area contributed by atoms with Crippen molar-refractivity contribution >= 4 is 5.97 Å². The number of carbonyl (C=O) groups is 1. The first-order valence-electron chi connectivity index (χ1n) is 7.92. The minimum atomic E-state index is -4.73. The molecule has 3 rings (SSSR count). The summed E-state index contributed by atoms with van der Waals surface area (Å²) >= 11 is 0. The second-order valence-electron chi connectivity index (χ2n) is 5.38. The quantitative estimate of drug-likeness (QED) is 0.674. The molecule has 0 fully saturated rings. The predicted octanol–water partition coefficient (Wildman–Crippen LogP) is 4.21. The van der Waals surface area contributed by atoms with Crippen molar-refractivity contribution in [2.45, 2.75) is 13.3 Å². The van der Waals surface area contributed by atoms with Crippen molar-refractivity contribution in [2.24, 2.45) is 0 Å². The molecule has 0 bridgehead atoms. The van der Waals surface area contributed by atoms with Crippen LogP contribution >= 0.6 is 0 Å². The Balaban J connectivity index is 1.83. The van der Waals surface area contributed by atoms with E-state index in [1.54, 1.807) is 31.2 Å². The van der Waals surface area contributed by atoms with Gasteiger partial charge in [0.25, 0.3) is 0 Å². The van der Waals surface area contributed by atoms with Crippen molar-refractivity contribution in [3.63, 3.8) is 0 Å². The zero-order valence-corrected chi connectivity index (χ0v) is 14.1. The van der Waals surface area contributed by atoms with E-state index in [1.807, 2.05) is 0 Å². The van der Waals surface area contributed by atoms with Gasteiger partial charge in [-0.2, -0.15) is 5.10 Å². The lowest BCUT2D eigenvalue weighted by molar-refractivity contribution is -0.274. The summed E-state index contributed by atoms with van der Waals surface area (Å²) in [6.07, 6.45) is -4.73. The smallest absolute Gasteiger partial charge is 0.460 e. The highest BCUT2D eigenvalue weighted by Gasteiger charge is 2.30. The first kappa shape index (κ1) is 18.4.